The molecule has 0 aromatic heterocycles. The second kappa shape index (κ2) is 35.9. The summed E-state index contributed by atoms with van der Waals surface area (Å²) in [6.45, 7) is 5.78. The normalized spacial score (nSPS) is 10.9. The molecule has 0 spiro atoms. The molecular weight excluding hydrogens is 1000 g/mol. The highest BCUT2D eigenvalue weighted by Gasteiger charge is 2.16. The van der Waals surface area contributed by atoms with Gasteiger partial charge in [-0.3, -0.25) is 4.79 Å². The van der Waals surface area contributed by atoms with Gasteiger partial charge in [0.25, 0.3) is 0 Å². The molecule has 0 atom stereocenters. The van der Waals surface area contributed by atoms with Crippen molar-refractivity contribution in [2.45, 2.75) is 168 Å². The Morgan fingerprint density at radius 1 is 0.237 bits per heavy atom. The van der Waals surface area contributed by atoms with E-state index >= 15 is 0 Å². The van der Waals surface area contributed by atoms with Gasteiger partial charge >= 0.3 is 23.9 Å². The number of carbonyl (C=O) groups is 5. The van der Waals surface area contributed by atoms with E-state index in [1.807, 2.05) is 0 Å². The zero-order valence-electron chi connectivity index (χ0n) is 47.2. The molecule has 0 unspecified atom stereocenters. The molecular formula is C69H82O11. The number of hydrogen-bond donors (Lipinski definition) is 0. The van der Waals surface area contributed by atoms with E-state index in [-0.39, 0.29) is 39.9 Å². The lowest BCUT2D eigenvalue weighted by Crippen LogP contribution is -2.11. The van der Waals surface area contributed by atoms with Crippen molar-refractivity contribution in [3.05, 3.63) is 179 Å². The summed E-state index contributed by atoms with van der Waals surface area (Å²) in [6.07, 6.45) is 30.9. The summed E-state index contributed by atoms with van der Waals surface area (Å²) in [4.78, 5) is 65.0. The van der Waals surface area contributed by atoms with Crippen LogP contribution in [-0.2, 0) is 0 Å². The summed E-state index contributed by atoms with van der Waals surface area (Å²) in [5.41, 5.74) is 1.92. The SMILES string of the molecule is CCCCCCCCCCCCCCOc1ccc(C(=O)Oc2ccc(C(=O)Oc3ccc(C(=O)c4ccc(OC(=O)c5ccc(OC(=O)c6ccc(OCCCCCCCCCCCCCC)cc6)cc5)cc4)cc3)cc2)cc1. The third-order valence-corrected chi connectivity index (χ3v) is 14.0. The minimum atomic E-state index is -0.631. The molecule has 80 heavy (non-hydrogen) atoms. The maximum absolute atomic E-state index is 13.3. The Morgan fingerprint density at radius 2 is 0.425 bits per heavy atom. The molecule has 0 aliphatic carbocycles. The van der Waals surface area contributed by atoms with E-state index in [9.17, 15) is 24.0 Å². The number of hydrogen-bond acceptors (Lipinski definition) is 11. The minimum absolute atomic E-state index is 0.229. The highest BCUT2D eigenvalue weighted by atomic mass is 16.5. The van der Waals surface area contributed by atoms with Crippen LogP contribution in [0.2, 0.25) is 0 Å². The van der Waals surface area contributed by atoms with Crippen molar-refractivity contribution < 1.29 is 52.4 Å². The summed E-state index contributed by atoms with van der Waals surface area (Å²) in [7, 11) is 0. The van der Waals surface area contributed by atoms with E-state index < -0.39 is 23.9 Å². The van der Waals surface area contributed by atoms with Crippen LogP contribution in [0.4, 0.5) is 0 Å². The largest absolute Gasteiger partial charge is 0.494 e. The molecule has 0 fully saturated rings. The third-order valence-electron chi connectivity index (χ3n) is 14.0. The van der Waals surface area contributed by atoms with Crippen molar-refractivity contribution >= 4 is 29.7 Å². The first-order valence-electron chi connectivity index (χ1n) is 29.5. The zero-order valence-corrected chi connectivity index (χ0v) is 47.2. The molecule has 6 rings (SSSR count). The van der Waals surface area contributed by atoms with Gasteiger partial charge in [-0.1, -0.05) is 155 Å². The van der Waals surface area contributed by atoms with Crippen LogP contribution < -0.4 is 28.4 Å². The van der Waals surface area contributed by atoms with Crippen LogP contribution in [0.3, 0.4) is 0 Å². The molecule has 6 aromatic carbocycles. The van der Waals surface area contributed by atoms with E-state index in [1.165, 1.54) is 201 Å². The first kappa shape index (κ1) is 61.7. The van der Waals surface area contributed by atoms with Crippen LogP contribution in [-0.4, -0.2) is 42.9 Å². The Morgan fingerprint density at radius 3 is 0.650 bits per heavy atom. The number of ketones is 1. The summed E-state index contributed by atoms with van der Waals surface area (Å²) in [5, 5.41) is 0. The maximum Gasteiger partial charge on any atom is 0.343 e. The minimum Gasteiger partial charge on any atom is -0.494 e. The summed E-state index contributed by atoms with van der Waals surface area (Å²) < 4.78 is 33.9. The van der Waals surface area contributed by atoms with Crippen molar-refractivity contribution in [2.24, 2.45) is 0 Å². The summed E-state index contributed by atoms with van der Waals surface area (Å²) in [5.74, 6) is -0.230. The van der Waals surface area contributed by atoms with Gasteiger partial charge in [0.05, 0.1) is 35.5 Å². The fourth-order valence-electron chi connectivity index (χ4n) is 9.14. The highest BCUT2D eigenvalue weighted by molar-refractivity contribution is 6.09. The van der Waals surface area contributed by atoms with Crippen LogP contribution in [0, 0.1) is 0 Å². The smallest absolute Gasteiger partial charge is 0.343 e. The van der Waals surface area contributed by atoms with Crippen molar-refractivity contribution in [2.75, 3.05) is 13.2 Å². The first-order valence-corrected chi connectivity index (χ1v) is 29.5. The van der Waals surface area contributed by atoms with Crippen LogP contribution in [0.15, 0.2) is 146 Å². The predicted octanol–water partition coefficient (Wildman–Crippen LogP) is 18.0. The molecule has 0 amide bonds. The van der Waals surface area contributed by atoms with Gasteiger partial charge in [0.2, 0.25) is 0 Å². The van der Waals surface area contributed by atoms with E-state index in [2.05, 4.69) is 13.8 Å². The fraction of sp³-hybridized carbons (Fsp3) is 0.406. The Labute approximate surface area is 474 Å². The molecule has 0 aliphatic rings. The molecule has 0 N–H and O–H groups in total. The van der Waals surface area contributed by atoms with E-state index in [1.54, 1.807) is 72.8 Å². The molecule has 6 aromatic rings. The van der Waals surface area contributed by atoms with Gasteiger partial charge < -0.3 is 28.4 Å². The Balaban J connectivity index is 0.837. The van der Waals surface area contributed by atoms with Crippen LogP contribution >= 0.6 is 0 Å². The molecule has 0 saturated heterocycles. The van der Waals surface area contributed by atoms with E-state index in [0.717, 1.165) is 25.7 Å². The van der Waals surface area contributed by atoms with Crippen LogP contribution in [0.1, 0.15) is 225 Å². The quantitative estimate of drug-likeness (QED) is 0.0158. The summed E-state index contributed by atoms with van der Waals surface area (Å²) in [6, 6.07) is 38.1. The van der Waals surface area contributed by atoms with Gasteiger partial charge in [-0.15, -0.1) is 0 Å². The number of benzene rings is 6. The Bertz CT molecular complexity index is 2560. The van der Waals surface area contributed by atoms with E-state index in [4.69, 9.17) is 28.4 Å². The third kappa shape index (κ3) is 22.7. The molecule has 0 saturated carbocycles. The van der Waals surface area contributed by atoms with Crippen LogP contribution in [0.5, 0.6) is 34.5 Å². The average molecular weight is 1090 g/mol. The molecule has 11 heteroatoms. The maximum atomic E-state index is 13.3. The topological polar surface area (TPSA) is 141 Å². The number of esters is 4. The Hall–Kier alpha value is -7.53. The fourth-order valence-corrected chi connectivity index (χ4v) is 9.14. The second-order valence-corrected chi connectivity index (χ2v) is 20.5. The lowest BCUT2D eigenvalue weighted by atomic mass is 10.0. The second-order valence-electron chi connectivity index (χ2n) is 20.5. The van der Waals surface area contributed by atoms with Crippen molar-refractivity contribution in [1.29, 1.82) is 0 Å². The number of carbonyl (C=O) groups excluding carboxylic acids is 5. The van der Waals surface area contributed by atoms with Gasteiger partial charge in [-0.05, 0) is 158 Å². The van der Waals surface area contributed by atoms with Crippen LogP contribution in [0.25, 0.3) is 0 Å². The van der Waals surface area contributed by atoms with Gasteiger partial charge in [0.1, 0.15) is 34.5 Å². The molecule has 424 valence electrons. The van der Waals surface area contributed by atoms with Crippen molar-refractivity contribution in [1.82, 2.24) is 0 Å². The lowest BCUT2D eigenvalue weighted by molar-refractivity contribution is 0.0720. The number of rotatable bonds is 38. The number of ether oxygens (including phenoxy) is 6. The standard InChI is InChI=1S/C69H82O11/c1-3-5-7-9-11-13-15-17-19-21-23-25-51-75-59-39-31-55(32-40-59)66(71)79-63-47-35-57(36-48-63)68(73)77-61-43-27-53(28-44-61)65(70)54-29-45-62(46-30-54)78-69(74)58-37-49-64(50-38-58)80-67(72)56-33-41-60(42-34-56)76-52-26-24-22-20-18-16-14-12-10-8-6-4-2/h27-50H,3-26,51-52H2,1-2H3. The molecule has 0 radical (unpaired) electrons. The van der Waals surface area contributed by atoms with Crippen molar-refractivity contribution in [3.8, 4) is 34.5 Å². The number of unbranched alkanes of at least 4 members (excludes halogenated alkanes) is 22. The Kier molecular flexibility index (Phi) is 27.7. The van der Waals surface area contributed by atoms with Gasteiger partial charge in [0.15, 0.2) is 5.78 Å². The van der Waals surface area contributed by atoms with Gasteiger partial charge in [-0.25, -0.2) is 19.2 Å². The molecule has 0 heterocycles. The monoisotopic (exact) mass is 1090 g/mol. The molecule has 11 nitrogen and oxygen atoms in total. The van der Waals surface area contributed by atoms with E-state index in [0.29, 0.717) is 47.0 Å². The predicted molar refractivity (Wildman–Crippen MR) is 315 cm³/mol. The zero-order chi connectivity index (χ0) is 56.4. The first-order chi connectivity index (χ1) is 39.2. The molecule has 0 aliphatic heterocycles. The molecule has 0 bridgehead atoms. The van der Waals surface area contributed by atoms with Gasteiger partial charge in [-0.2, -0.15) is 0 Å². The highest BCUT2D eigenvalue weighted by Crippen LogP contribution is 2.24. The van der Waals surface area contributed by atoms with Crippen molar-refractivity contribution in [3.63, 3.8) is 0 Å². The average Bonchev–Trinajstić information content (AvgIpc) is 3.48. The summed E-state index contributed by atoms with van der Waals surface area (Å²) >= 11 is 0. The lowest BCUT2D eigenvalue weighted by Gasteiger charge is -2.09. The van der Waals surface area contributed by atoms with Gasteiger partial charge in [0, 0.05) is 11.1 Å².